The average Bonchev–Trinajstić information content (AvgIpc) is 3.31. The first-order valence-corrected chi connectivity index (χ1v) is 13.5. The number of nitrogens with one attached hydrogen (secondary N) is 1. The number of hydrogen-bond acceptors (Lipinski definition) is 6. The molecule has 0 bridgehead atoms. The predicted octanol–water partition coefficient (Wildman–Crippen LogP) is 2.91. The van der Waals surface area contributed by atoms with Gasteiger partial charge in [0.15, 0.2) is 11.5 Å². The Kier molecular flexibility index (Phi) is 8.97. The Morgan fingerprint density at radius 3 is 2.49 bits per heavy atom. The van der Waals surface area contributed by atoms with Gasteiger partial charge >= 0.3 is 0 Å². The first-order valence-electron chi connectivity index (χ1n) is 11.7. The van der Waals surface area contributed by atoms with Crippen molar-refractivity contribution in [2.45, 2.75) is 45.7 Å². The van der Waals surface area contributed by atoms with Gasteiger partial charge < -0.3 is 19.7 Å². The number of carbonyl (C=O) groups excluding carboxylic acids is 2. The van der Waals surface area contributed by atoms with Crippen molar-refractivity contribution in [1.82, 2.24) is 10.2 Å². The number of hydrogen-bond donors (Lipinski definition) is 1. The van der Waals surface area contributed by atoms with E-state index in [-0.39, 0.29) is 38.0 Å². The van der Waals surface area contributed by atoms with Gasteiger partial charge in [-0.05, 0) is 37.5 Å². The van der Waals surface area contributed by atoms with Crippen molar-refractivity contribution in [3.8, 4) is 11.5 Å². The smallest absolute Gasteiger partial charge is 0.242 e. The number of benzene rings is 2. The molecule has 1 aliphatic rings. The minimum absolute atomic E-state index is 0.0907. The molecule has 0 unspecified atom stereocenters. The van der Waals surface area contributed by atoms with E-state index in [1.165, 1.54) is 4.31 Å². The van der Waals surface area contributed by atoms with Gasteiger partial charge in [0.1, 0.15) is 6.04 Å². The summed E-state index contributed by atoms with van der Waals surface area (Å²) in [7, 11) is -3.59. The third-order valence-electron chi connectivity index (χ3n) is 5.71. The molecule has 0 aromatic heterocycles. The molecule has 1 atom stereocenters. The SMILES string of the molecule is CCCNC(=O)[C@H](C)N(Cc1ccccc1)C(=O)CCCN(c1ccc2c(c1)OCO2)S(C)(=O)=O. The molecule has 1 heterocycles. The van der Waals surface area contributed by atoms with E-state index in [0.717, 1.165) is 18.2 Å². The van der Waals surface area contributed by atoms with E-state index in [0.29, 0.717) is 30.3 Å². The number of sulfonamides is 1. The maximum atomic E-state index is 13.2. The lowest BCUT2D eigenvalue weighted by Gasteiger charge is -2.29. The van der Waals surface area contributed by atoms with Crippen molar-refractivity contribution in [2.75, 3.05) is 30.4 Å². The third-order valence-corrected chi connectivity index (χ3v) is 6.90. The Labute approximate surface area is 207 Å². The summed E-state index contributed by atoms with van der Waals surface area (Å²) in [5.74, 6) is 0.610. The summed E-state index contributed by atoms with van der Waals surface area (Å²) in [6.07, 6.45) is 2.30. The van der Waals surface area contributed by atoms with Gasteiger partial charge in [-0.1, -0.05) is 37.3 Å². The zero-order valence-electron chi connectivity index (χ0n) is 20.4. The van der Waals surface area contributed by atoms with Gasteiger partial charge in [-0.25, -0.2) is 8.42 Å². The van der Waals surface area contributed by atoms with Crippen LogP contribution in [0, 0.1) is 0 Å². The highest BCUT2D eigenvalue weighted by molar-refractivity contribution is 7.92. The molecule has 3 rings (SSSR count). The summed E-state index contributed by atoms with van der Waals surface area (Å²) in [5, 5.41) is 2.85. The van der Waals surface area contributed by atoms with Gasteiger partial charge in [-0.15, -0.1) is 0 Å². The molecule has 9 nitrogen and oxygen atoms in total. The summed E-state index contributed by atoms with van der Waals surface area (Å²) in [6, 6.07) is 13.7. The molecule has 2 aromatic carbocycles. The van der Waals surface area contributed by atoms with E-state index >= 15 is 0 Å². The van der Waals surface area contributed by atoms with Crippen LogP contribution in [0.5, 0.6) is 11.5 Å². The quantitative estimate of drug-likeness (QED) is 0.478. The summed E-state index contributed by atoms with van der Waals surface area (Å²) in [6.45, 7) is 4.70. The van der Waals surface area contributed by atoms with Crippen LogP contribution < -0.4 is 19.1 Å². The normalized spacial score (nSPS) is 13.2. The second-order valence-electron chi connectivity index (χ2n) is 8.45. The van der Waals surface area contributed by atoms with Crippen molar-refractivity contribution >= 4 is 27.5 Å². The Bertz CT molecular complexity index is 1120. The lowest BCUT2D eigenvalue weighted by atomic mass is 10.1. The fourth-order valence-corrected chi connectivity index (χ4v) is 4.76. The first-order chi connectivity index (χ1) is 16.7. The molecule has 0 saturated carbocycles. The molecule has 190 valence electrons. The van der Waals surface area contributed by atoms with Crippen molar-refractivity contribution < 1.29 is 27.5 Å². The summed E-state index contributed by atoms with van der Waals surface area (Å²) in [5.41, 5.74) is 1.35. The third kappa shape index (κ3) is 7.11. The standard InChI is InChI=1S/C25H33N3O6S/c1-4-14-26-25(30)19(2)27(17-20-9-6-5-7-10-20)24(29)11-8-15-28(35(3,31)32)21-12-13-22-23(16-21)34-18-33-22/h5-7,9-10,12-13,16,19H,4,8,11,14-15,17-18H2,1-3H3,(H,26,30)/t19-/m0/s1. The largest absolute Gasteiger partial charge is 0.454 e. The number of carbonyl (C=O) groups is 2. The lowest BCUT2D eigenvalue weighted by Crippen LogP contribution is -2.47. The van der Waals surface area contributed by atoms with E-state index in [9.17, 15) is 18.0 Å². The van der Waals surface area contributed by atoms with E-state index in [4.69, 9.17) is 9.47 Å². The van der Waals surface area contributed by atoms with Crippen molar-refractivity contribution in [1.29, 1.82) is 0 Å². The average molecular weight is 504 g/mol. The van der Waals surface area contributed by atoms with Gasteiger partial charge in [0.25, 0.3) is 0 Å². The fraction of sp³-hybridized carbons (Fsp3) is 0.440. The number of rotatable bonds is 12. The van der Waals surface area contributed by atoms with Crippen LogP contribution in [-0.4, -0.2) is 57.3 Å². The zero-order valence-corrected chi connectivity index (χ0v) is 21.2. The van der Waals surface area contributed by atoms with Crippen LogP contribution in [0.15, 0.2) is 48.5 Å². The summed E-state index contributed by atoms with van der Waals surface area (Å²) >= 11 is 0. The summed E-state index contributed by atoms with van der Waals surface area (Å²) in [4.78, 5) is 27.4. The maximum Gasteiger partial charge on any atom is 0.242 e. The molecule has 0 saturated heterocycles. The van der Waals surface area contributed by atoms with Gasteiger partial charge in [0.05, 0.1) is 11.9 Å². The van der Waals surface area contributed by atoms with Crippen LogP contribution in [0.3, 0.4) is 0 Å². The van der Waals surface area contributed by atoms with E-state index in [2.05, 4.69) is 5.32 Å². The Balaban J connectivity index is 1.70. The number of ether oxygens (including phenoxy) is 2. The van der Waals surface area contributed by atoms with E-state index in [1.807, 2.05) is 37.3 Å². The van der Waals surface area contributed by atoms with Crippen molar-refractivity contribution in [2.24, 2.45) is 0 Å². The zero-order chi connectivity index (χ0) is 25.4. The van der Waals surface area contributed by atoms with Crippen LogP contribution in [-0.2, 0) is 26.2 Å². The molecule has 0 aliphatic carbocycles. The molecule has 2 aromatic rings. The number of anilines is 1. The minimum Gasteiger partial charge on any atom is -0.454 e. The van der Waals surface area contributed by atoms with Gasteiger partial charge in [0, 0.05) is 32.1 Å². The van der Waals surface area contributed by atoms with Crippen LogP contribution >= 0.6 is 0 Å². The molecule has 1 N–H and O–H groups in total. The van der Waals surface area contributed by atoms with Gasteiger partial charge in [0.2, 0.25) is 28.6 Å². The molecular formula is C25H33N3O6S. The van der Waals surface area contributed by atoms with Crippen molar-refractivity contribution in [3.63, 3.8) is 0 Å². The first kappa shape index (κ1) is 26.3. The summed E-state index contributed by atoms with van der Waals surface area (Å²) < 4.78 is 36.9. The molecule has 35 heavy (non-hydrogen) atoms. The van der Waals surface area contributed by atoms with Gasteiger partial charge in [-0.3, -0.25) is 13.9 Å². The van der Waals surface area contributed by atoms with Crippen LogP contribution in [0.1, 0.15) is 38.7 Å². The molecule has 2 amide bonds. The predicted molar refractivity (Wildman–Crippen MR) is 134 cm³/mol. The monoisotopic (exact) mass is 503 g/mol. The Morgan fingerprint density at radius 2 is 1.80 bits per heavy atom. The van der Waals surface area contributed by atoms with Gasteiger partial charge in [-0.2, -0.15) is 0 Å². The molecule has 0 fully saturated rings. The Morgan fingerprint density at radius 1 is 1.09 bits per heavy atom. The molecule has 0 radical (unpaired) electrons. The lowest BCUT2D eigenvalue weighted by molar-refractivity contribution is -0.140. The fourth-order valence-electron chi connectivity index (χ4n) is 3.80. The minimum atomic E-state index is -3.59. The number of fused-ring (bicyclic) bond motifs is 1. The molecule has 10 heteroatoms. The van der Waals surface area contributed by atoms with E-state index < -0.39 is 16.1 Å². The van der Waals surface area contributed by atoms with Crippen LogP contribution in [0.4, 0.5) is 5.69 Å². The number of amides is 2. The molecule has 1 aliphatic heterocycles. The maximum absolute atomic E-state index is 13.2. The highest BCUT2D eigenvalue weighted by atomic mass is 32.2. The molecular weight excluding hydrogens is 470 g/mol. The van der Waals surface area contributed by atoms with Crippen molar-refractivity contribution in [3.05, 3.63) is 54.1 Å². The highest BCUT2D eigenvalue weighted by Gasteiger charge is 2.27. The number of nitrogens with zero attached hydrogens (tertiary/aromatic N) is 2. The second kappa shape index (κ2) is 11.9. The topological polar surface area (TPSA) is 105 Å². The second-order valence-corrected chi connectivity index (χ2v) is 10.4. The van der Waals surface area contributed by atoms with Crippen LogP contribution in [0.25, 0.3) is 0 Å². The van der Waals surface area contributed by atoms with Crippen LogP contribution in [0.2, 0.25) is 0 Å². The Hall–Kier alpha value is -3.27. The highest BCUT2D eigenvalue weighted by Crippen LogP contribution is 2.36. The van der Waals surface area contributed by atoms with E-state index in [1.54, 1.807) is 30.0 Å². The molecule has 0 spiro atoms.